The van der Waals surface area contributed by atoms with Gasteiger partial charge in [0.2, 0.25) is 0 Å². The number of fused-ring (bicyclic) bond motifs is 2. The number of hydrogen-bond acceptors (Lipinski definition) is 4. The first-order valence-corrected chi connectivity index (χ1v) is 8.47. The summed E-state index contributed by atoms with van der Waals surface area (Å²) in [6, 6.07) is 13.0. The van der Waals surface area contributed by atoms with E-state index in [0.29, 0.717) is 22.1 Å². The molecule has 0 aromatic heterocycles. The highest BCUT2D eigenvalue weighted by molar-refractivity contribution is 6.31. The molecule has 1 N–H and O–H groups in total. The standard InChI is InChI=1S/C18H19ClN4O/c1-21-8-10-22(11-9-21)18-14-4-2-3-5-16(14)23(24)17-7-6-13(19)12-15(17)20-18/h2-7,12,23H,8-11H2,1H3. The first-order valence-electron chi connectivity index (χ1n) is 8.09. The normalized spacial score (nSPS) is 20.9. The Morgan fingerprint density at radius 3 is 2.58 bits per heavy atom. The van der Waals surface area contributed by atoms with Crippen LogP contribution in [0.25, 0.3) is 0 Å². The first-order chi connectivity index (χ1) is 11.6. The highest BCUT2D eigenvalue weighted by Gasteiger charge is 2.27. The molecule has 0 bridgehead atoms. The number of aliphatic imine (C=N–C) groups is 1. The molecule has 5 nitrogen and oxygen atoms in total. The van der Waals surface area contributed by atoms with Crippen molar-refractivity contribution >= 4 is 34.5 Å². The van der Waals surface area contributed by atoms with Crippen LogP contribution < -0.4 is 5.06 Å². The van der Waals surface area contributed by atoms with Crippen LogP contribution in [-0.2, 0) is 0 Å². The van der Waals surface area contributed by atoms with Gasteiger partial charge in [0.25, 0.3) is 0 Å². The summed E-state index contributed by atoms with van der Waals surface area (Å²) in [6.07, 6.45) is 0. The van der Waals surface area contributed by atoms with Gasteiger partial charge in [-0.1, -0.05) is 23.7 Å². The lowest BCUT2D eigenvalue weighted by molar-refractivity contribution is -0.697. The fraction of sp³-hybridized carbons (Fsp3) is 0.278. The number of nitrogens with zero attached hydrogens (tertiary/aromatic N) is 3. The van der Waals surface area contributed by atoms with E-state index in [0.717, 1.165) is 37.6 Å². The van der Waals surface area contributed by atoms with E-state index >= 15 is 0 Å². The van der Waals surface area contributed by atoms with Crippen LogP contribution >= 0.6 is 11.6 Å². The number of quaternary nitrogens is 1. The number of amidine groups is 1. The summed E-state index contributed by atoms with van der Waals surface area (Å²) in [5.41, 5.74) is 2.87. The minimum absolute atomic E-state index is 0.00476. The number of para-hydroxylation sites is 1. The minimum atomic E-state index is 0.00476. The monoisotopic (exact) mass is 342 g/mol. The van der Waals surface area contributed by atoms with Crippen LogP contribution in [0.5, 0.6) is 0 Å². The summed E-state index contributed by atoms with van der Waals surface area (Å²) in [4.78, 5) is 9.43. The van der Waals surface area contributed by atoms with Crippen molar-refractivity contribution < 1.29 is 5.06 Å². The first kappa shape index (κ1) is 15.6. The summed E-state index contributed by atoms with van der Waals surface area (Å²) in [7, 11) is 2.12. The average Bonchev–Trinajstić information content (AvgIpc) is 2.71. The maximum Gasteiger partial charge on any atom is 0.162 e. The minimum Gasteiger partial charge on any atom is -0.623 e. The number of benzene rings is 2. The molecule has 0 aliphatic carbocycles. The van der Waals surface area contributed by atoms with Crippen molar-refractivity contribution in [3.8, 4) is 0 Å². The van der Waals surface area contributed by atoms with Crippen molar-refractivity contribution in [1.29, 1.82) is 0 Å². The number of nitrogens with one attached hydrogen (secondary N) is 1. The molecular formula is C18H19ClN4O. The van der Waals surface area contributed by atoms with Crippen molar-refractivity contribution in [2.45, 2.75) is 0 Å². The summed E-state index contributed by atoms with van der Waals surface area (Å²) in [5, 5.41) is 13.6. The highest BCUT2D eigenvalue weighted by Crippen LogP contribution is 2.32. The lowest BCUT2D eigenvalue weighted by atomic mass is 10.1. The van der Waals surface area contributed by atoms with Gasteiger partial charge in [-0.15, -0.1) is 0 Å². The number of likely N-dealkylation sites (N-methyl/N-ethyl adjacent to an activating group) is 1. The second-order valence-corrected chi connectivity index (χ2v) is 6.70. The van der Waals surface area contributed by atoms with Gasteiger partial charge >= 0.3 is 0 Å². The molecule has 2 aromatic rings. The van der Waals surface area contributed by atoms with Gasteiger partial charge < -0.3 is 20.1 Å². The molecule has 0 spiro atoms. The smallest absolute Gasteiger partial charge is 0.162 e. The van der Waals surface area contributed by atoms with Gasteiger partial charge in [0.1, 0.15) is 17.2 Å². The molecule has 0 saturated carbocycles. The molecule has 6 heteroatoms. The van der Waals surface area contributed by atoms with E-state index in [4.69, 9.17) is 16.6 Å². The second-order valence-electron chi connectivity index (χ2n) is 6.26. The zero-order valence-electron chi connectivity index (χ0n) is 13.5. The lowest BCUT2D eigenvalue weighted by Gasteiger charge is -2.34. The van der Waals surface area contributed by atoms with Crippen LogP contribution in [-0.4, -0.2) is 48.9 Å². The third-order valence-corrected chi connectivity index (χ3v) is 4.88. The summed E-state index contributed by atoms with van der Waals surface area (Å²) >= 11 is 6.14. The Labute approximate surface area is 146 Å². The zero-order chi connectivity index (χ0) is 16.7. The van der Waals surface area contributed by atoms with Crippen LogP contribution in [0.3, 0.4) is 0 Å². The third-order valence-electron chi connectivity index (χ3n) is 4.65. The van der Waals surface area contributed by atoms with Gasteiger partial charge in [-0.05, 0) is 25.2 Å². The quantitative estimate of drug-likeness (QED) is 0.747. The second kappa shape index (κ2) is 6.18. The Balaban J connectivity index is 1.88. The largest absolute Gasteiger partial charge is 0.623 e. The maximum absolute atomic E-state index is 13.0. The van der Waals surface area contributed by atoms with E-state index in [-0.39, 0.29) is 5.06 Å². The van der Waals surface area contributed by atoms with Gasteiger partial charge in [0.05, 0.1) is 5.56 Å². The van der Waals surface area contributed by atoms with Crippen LogP contribution in [0, 0.1) is 5.21 Å². The summed E-state index contributed by atoms with van der Waals surface area (Å²) in [6.45, 7) is 3.76. The molecular weight excluding hydrogens is 324 g/mol. The number of rotatable bonds is 0. The highest BCUT2D eigenvalue weighted by atomic mass is 35.5. The van der Waals surface area contributed by atoms with Gasteiger partial charge in [0, 0.05) is 43.3 Å². The van der Waals surface area contributed by atoms with E-state index in [1.807, 2.05) is 24.3 Å². The number of hydrogen-bond donors (Lipinski definition) is 1. The predicted octanol–water partition coefficient (Wildman–Crippen LogP) is 2.33. The van der Waals surface area contributed by atoms with Crippen molar-refractivity contribution in [3.63, 3.8) is 0 Å². The lowest BCUT2D eigenvalue weighted by Crippen LogP contribution is -2.96. The molecule has 1 fully saturated rings. The maximum atomic E-state index is 13.0. The Bertz CT molecular complexity index is 799. The van der Waals surface area contributed by atoms with Crippen molar-refractivity contribution in [2.24, 2.45) is 4.99 Å². The van der Waals surface area contributed by atoms with Crippen LogP contribution in [0.4, 0.5) is 17.1 Å². The Morgan fingerprint density at radius 2 is 1.79 bits per heavy atom. The molecule has 1 atom stereocenters. The molecule has 1 unspecified atom stereocenters. The van der Waals surface area contributed by atoms with E-state index in [1.165, 1.54) is 0 Å². The number of piperazine rings is 1. The molecule has 124 valence electrons. The molecule has 2 aliphatic heterocycles. The molecule has 2 aromatic carbocycles. The molecule has 1 saturated heterocycles. The van der Waals surface area contributed by atoms with Crippen LogP contribution in [0.2, 0.25) is 5.02 Å². The molecule has 0 radical (unpaired) electrons. The fourth-order valence-electron chi connectivity index (χ4n) is 3.24. The topological polar surface area (TPSA) is 46.3 Å². The predicted molar refractivity (Wildman–Crippen MR) is 96.8 cm³/mol. The Morgan fingerprint density at radius 1 is 1.04 bits per heavy atom. The fourth-order valence-corrected chi connectivity index (χ4v) is 3.41. The van der Waals surface area contributed by atoms with Gasteiger partial charge in [-0.2, -0.15) is 0 Å². The van der Waals surface area contributed by atoms with E-state index in [2.05, 4.69) is 16.8 Å². The summed E-state index contributed by atoms with van der Waals surface area (Å²) < 4.78 is 0. The molecule has 0 amide bonds. The van der Waals surface area contributed by atoms with Crippen molar-refractivity contribution in [2.75, 3.05) is 33.2 Å². The summed E-state index contributed by atoms with van der Waals surface area (Å²) in [5.74, 6) is 0.869. The molecule has 2 aliphatic rings. The van der Waals surface area contributed by atoms with Gasteiger partial charge in [0.15, 0.2) is 5.69 Å². The zero-order valence-corrected chi connectivity index (χ0v) is 14.3. The average molecular weight is 343 g/mol. The number of halogens is 1. The third kappa shape index (κ3) is 2.70. The van der Waals surface area contributed by atoms with Crippen LogP contribution in [0.1, 0.15) is 5.56 Å². The Hall–Kier alpha value is -1.92. The van der Waals surface area contributed by atoms with E-state index in [1.54, 1.807) is 18.2 Å². The molecule has 4 rings (SSSR count). The molecule has 2 heterocycles. The van der Waals surface area contributed by atoms with Crippen molar-refractivity contribution in [1.82, 2.24) is 9.80 Å². The van der Waals surface area contributed by atoms with Crippen molar-refractivity contribution in [3.05, 3.63) is 58.3 Å². The van der Waals surface area contributed by atoms with Crippen LogP contribution in [0.15, 0.2) is 47.5 Å². The molecule has 24 heavy (non-hydrogen) atoms. The SMILES string of the molecule is CN1CCN(C2=Nc3cc(Cl)ccc3[NH+]([O-])c3ccccc32)CC1. The van der Waals surface area contributed by atoms with E-state index < -0.39 is 0 Å². The van der Waals surface area contributed by atoms with Gasteiger partial charge in [-0.25, -0.2) is 4.99 Å². The Kier molecular flexibility index (Phi) is 4.02. The van der Waals surface area contributed by atoms with E-state index in [9.17, 15) is 5.21 Å². The van der Waals surface area contributed by atoms with Gasteiger partial charge in [-0.3, -0.25) is 0 Å².